The Kier molecular flexibility index (Phi) is 4.87. The highest BCUT2D eigenvalue weighted by Gasteiger charge is 2.20. The highest BCUT2D eigenvalue weighted by molar-refractivity contribution is 6.33. The normalized spacial score (nSPS) is 22.3. The number of nitrogens with one attached hydrogen (secondary N) is 1. The third-order valence-corrected chi connectivity index (χ3v) is 3.89. The van der Waals surface area contributed by atoms with Gasteiger partial charge in [0.2, 0.25) is 0 Å². The van der Waals surface area contributed by atoms with E-state index < -0.39 is 6.10 Å². The minimum atomic E-state index is -0.623. The molecule has 0 aromatic heterocycles. The summed E-state index contributed by atoms with van der Waals surface area (Å²) in [5, 5.41) is 14.6. The molecule has 0 saturated carbocycles. The van der Waals surface area contributed by atoms with Crippen molar-refractivity contribution in [2.45, 2.75) is 18.6 Å². The third-order valence-electron chi connectivity index (χ3n) is 3.31. The molecular formula is C13H18Cl2N2O. The molecule has 0 bridgehead atoms. The van der Waals surface area contributed by atoms with Crippen LogP contribution in [0.1, 0.15) is 18.1 Å². The Morgan fingerprint density at radius 2 is 2.28 bits per heavy atom. The molecule has 0 aliphatic carbocycles. The van der Waals surface area contributed by atoms with Crippen molar-refractivity contribution in [2.75, 3.05) is 26.7 Å². The quantitative estimate of drug-likeness (QED) is 0.893. The predicted molar refractivity (Wildman–Crippen MR) is 75.3 cm³/mol. The van der Waals surface area contributed by atoms with E-state index in [0.717, 1.165) is 19.5 Å². The van der Waals surface area contributed by atoms with Crippen molar-refractivity contribution in [1.82, 2.24) is 10.2 Å². The molecule has 3 nitrogen and oxygen atoms in total. The van der Waals surface area contributed by atoms with Crippen LogP contribution in [0.15, 0.2) is 18.2 Å². The van der Waals surface area contributed by atoms with E-state index in [1.165, 1.54) is 0 Å². The Morgan fingerprint density at radius 1 is 1.50 bits per heavy atom. The number of nitrogens with zero attached hydrogens (tertiary/aromatic N) is 1. The number of likely N-dealkylation sites (tertiary alicyclic amines) is 1. The molecule has 1 heterocycles. The third kappa shape index (κ3) is 3.59. The van der Waals surface area contributed by atoms with E-state index in [-0.39, 0.29) is 0 Å². The maximum Gasteiger partial charge on any atom is 0.0929 e. The Bertz CT molecular complexity index is 414. The Hall–Kier alpha value is -0.320. The molecule has 18 heavy (non-hydrogen) atoms. The molecule has 2 atom stereocenters. The van der Waals surface area contributed by atoms with Gasteiger partial charge in [0.1, 0.15) is 0 Å². The summed E-state index contributed by atoms with van der Waals surface area (Å²) in [5.41, 5.74) is 0.683. The van der Waals surface area contributed by atoms with Gasteiger partial charge in [0.25, 0.3) is 0 Å². The van der Waals surface area contributed by atoms with Crippen LogP contribution in [0.3, 0.4) is 0 Å². The number of hydrogen-bond donors (Lipinski definition) is 2. The topological polar surface area (TPSA) is 35.5 Å². The molecule has 2 rings (SSSR count). The molecule has 1 aliphatic rings. The summed E-state index contributed by atoms with van der Waals surface area (Å²) < 4.78 is 0. The van der Waals surface area contributed by atoms with E-state index >= 15 is 0 Å². The van der Waals surface area contributed by atoms with Gasteiger partial charge >= 0.3 is 0 Å². The van der Waals surface area contributed by atoms with Gasteiger partial charge in [-0.05, 0) is 38.2 Å². The van der Waals surface area contributed by atoms with E-state index in [0.29, 0.717) is 28.2 Å². The zero-order valence-corrected chi connectivity index (χ0v) is 11.9. The average Bonchev–Trinajstić information content (AvgIpc) is 2.75. The molecular weight excluding hydrogens is 271 g/mol. The lowest BCUT2D eigenvalue weighted by Crippen LogP contribution is -2.34. The SMILES string of the molecule is CN1CCC(NCC(O)c2cc(Cl)ccc2Cl)C1. The lowest BCUT2D eigenvalue weighted by Gasteiger charge is -2.17. The van der Waals surface area contributed by atoms with Crippen LogP contribution in [-0.2, 0) is 0 Å². The number of rotatable bonds is 4. The fourth-order valence-electron chi connectivity index (χ4n) is 2.26. The van der Waals surface area contributed by atoms with Gasteiger partial charge in [-0.15, -0.1) is 0 Å². The molecule has 2 unspecified atom stereocenters. The maximum absolute atomic E-state index is 10.1. The summed E-state index contributed by atoms with van der Waals surface area (Å²) in [6.45, 7) is 2.63. The Morgan fingerprint density at radius 3 is 2.94 bits per heavy atom. The summed E-state index contributed by atoms with van der Waals surface area (Å²) in [6, 6.07) is 5.60. The van der Waals surface area contributed by atoms with E-state index in [4.69, 9.17) is 23.2 Å². The van der Waals surface area contributed by atoms with Gasteiger partial charge in [0.15, 0.2) is 0 Å². The summed E-state index contributed by atoms with van der Waals surface area (Å²) in [4.78, 5) is 2.27. The van der Waals surface area contributed by atoms with Crippen LogP contribution in [0.5, 0.6) is 0 Å². The Labute approximate surface area is 118 Å². The van der Waals surface area contributed by atoms with Gasteiger partial charge in [-0.25, -0.2) is 0 Å². The smallest absolute Gasteiger partial charge is 0.0929 e. The van der Waals surface area contributed by atoms with E-state index in [9.17, 15) is 5.11 Å². The highest BCUT2D eigenvalue weighted by Crippen LogP contribution is 2.26. The van der Waals surface area contributed by atoms with Crippen molar-refractivity contribution in [1.29, 1.82) is 0 Å². The number of likely N-dealkylation sites (N-methyl/N-ethyl adjacent to an activating group) is 1. The highest BCUT2D eigenvalue weighted by atomic mass is 35.5. The number of benzene rings is 1. The molecule has 2 N–H and O–H groups in total. The van der Waals surface area contributed by atoms with Crippen LogP contribution in [0.4, 0.5) is 0 Å². The van der Waals surface area contributed by atoms with Gasteiger partial charge in [0.05, 0.1) is 6.10 Å². The molecule has 1 saturated heterocycles. The minimum absolute atomic E-state index is 0.447. The minimum Gasteiger partial charge on any atom is -0.387 e. The number of hydrogen-bond acceptors (Lipinski definition) is 3. The number of halogens is 2. The monoisotopic (exact) mass is 288 g/mol. The van der Waals surface area contributed by atoms with Crippen LogP contribution < -0.4 is 5.32 Å². The van der Waals surface area contributed by atoms with Gasteiger partial charge in [-0.3, -0.25) is 0 Å². The first-order valence-corrected chi connectivity index (χ1v) is 6.87. The standard InChI is InChI=1S/C13H18Cl2N2O/c1-17-5-4-10(8-17)16-7-13(18)11-6-9(14)2-3-12(11)15/h2-3,6,10,13,16,18H,4-5,7-8H2,1H3. The van der Waals surface area contributed by atoms with Gasteiger partial charge in [0, 0.05) is 34.7 Å². The molecule has 1 aromatic carbocycles. The maximum atomic E-state index is 10.1. The van der Waals surface area contributed by atoms with Crippen molar-refractivity contribution < 1.29 is 5.11 Å². The summed E-state index contributed by atoms with van der Waals surface area (Å²) in [7, 11) is 2.10. The van der Waals surface area contributed by atoms with E-state index in [1.807, 2.05) is 0 Å². The second kappa shape index (κ2) is 6.22. The van der Waals surface area contributed by atoms with Crippen molar-refractivity contribution in [3.63, 3.8) is 0 Å². The first kappa shape index (κ1) is 14.1. The van der Waals surface area contributed by atoms with Crippen molar-refractivity contribution >= 4 is 23.2 Å². The average molecular weight is 289 g/mol. The van der Waals surface area contributed by atoms with Crippen LogP contribution >= 0.6 is 23.2 Å². The van der Waals surface area contributed by atoms with Crippen molar-refractivity contribution in [2.24, 2.45) is 0 Å². The van der Waals surface area contributed by atoms with Crippen LogP contribution in [0.2, 0.25) is 10.0 Å². The summed E-state index contributed by atoms with van der Waals surface area (Å²) in [6.07, 6.45) is 0.495. The second-order valence-corrected chi connectivity index (χ2v) is 5.68. The van der Waals surface area contributed by atoms with Crippen LogP contribution in [-0.4, -0.2) is 42.7 Å². The summed E-state index contributed by atoms with van der Waals surface area (Å²) in [5.74, 6) is 0. The number of aliphatic hydroxyl groups is 1. The first-order valence-electron chi connectivity index (χ1n) is 6.11. The first-order chi connectivity index (χ1) is 8.56. The van der Waals surface area contributed by atoms with Gasteiger partial charge in [-0.1, -0.05) is 23.2 Å². The fraction of sp³-hybridized carbons (Fsp3) is 0.538. The predicted octanol–water partition coefficient (Wildman–Crippen LogP) is 2.32. The molecule has 1 fully saturated rings. The van der Waals surface area contributed by atoms with Gasteiger partial charge in [-0.2, -0.15) is 0 Å². The summed E-state index contributed by atoms with van der Waals surface area (Å²) >= 11 is 12.0. The zero-order chi connectivity index (χ0) is 13.1. The Balaban J connectivity index is 1.91. The van der Waals surface area contributed by atoms with E-state index in [2.05, 4.69) is 17.3 Å². The zero-order valence-electron chi connectivity index (χ0n) is 10.4. The fourth-order valence-corrected chi connectivity index (χ4v) is 2.68. The molecule has 100 valence electrons. The van der Waals surface area contributed by atoms with Crippen LogP contribution in [0, 0.1) is 0 Å². The van der Waals surface area contributed by atoms with Crippen molar-refractivity contribution in [3.8, 4) is 0 Å². The molecule has 1 aliphatic heterocycles. The number of aliphatic hydroxyl groups excluding tert-OH is 1. The lowest BCUT2D eigenvalue weighted by molar-refractivity contribution is 0.170. The van der Waals surface area contributed by atoms with Crippen LogP contribution in [0.25, 0.3) is 0 Å². The molecule has 0 spiro atoms. The van der Waals surface area contributed by atoms with Gasteiger partial charge < -0.3 is 15.3 Å². The molecule has 0 radical (unpaired) electrons. The second-order valence-electron chi connectivity index (χ2n) is 4.84. The van der Waals surface area contributed by atoms with Crippen molar-refractivity contribution in [3.05, 3.63) is 33.8 Å². The largest absolute Gasteiger partial charge is 0.387 e. The molecule has 1 aromatic rings. The lowest BCUT2D eigenvalue weighted by atomic mass is 10.1. The van der Waals surface area contributed by atoms with E-state index in [1.54, 1.807) is 18.2 Å². The molecule has 5 heteroatoms. The molecule has 0 amide bonds.